The predicted molar refractivity (Wildman–Crippen MR) is 123 cm³/mol. The molecule has 1 heterocycles. The van der Waals surface area contributed by atoms with Crippen LogP contribution >= 0.6 is 0 Å². The molecule has 33 heavy (non-hydrogen) atoms. The molecule has 176 valence electrons. The van der Waals surface area contributed by atoms with E-state index in [1.807, 2.05) is 30.3 Å². The van der Waals surface area contributed by atoms with Gasteiger partial charge in [-0.1, -0.05) is 30.3 Å². The van der Waals surface area contributed by atoms with Crippen molar-refractivity contribution in [1.29, 1.82) is 0 Å². The highest BCUT2D eigenvalue weighted by atomic mass is 16.6. The molecular formula is C25H30N2O6. The molecule has 0 aromatic heterocycles. The molecule has 0 saturated carbocycles. The highest BCUT2D eigenvalue weighted by Gasteiger charge is 2.58. The Balaban J connectivity index is 1.82. The number of nitrogens with zero attached hydrogens (tertiary/aromatic N) is 1. The molecule has 4 atom stereocenters. The van der Waals surface area contributed by atoms with Gasteiger partial charge in [0, 0.05) is 5.69 Å². The van der Waals surface area contributed by atoms with Crippen molar-refractivity contribution in [2.45, 2.75) is 51.5 Å². The van der Waals surface area contributed by atoms with Gasteiger partial charge in [-0.3, -0.25) is 14.5 Å². The Morgan fingerprint density at radius 3 is 2.21 bits per heavy atom. The molecule has 2 amide bonds. The molecule has 2 N–H and O–H groups in total. The fourth-order valence-electron chi connectivity index (χ4n) is 3.75. The quantitative estimate of drug-likeness (QED) is 0.492. The molecule has 3 rings (SSSR count). The van der Waals surface area contributed by atoms with Crippen molar-refractivity contribution < 1.29 is 29.0 Å². The van der Waals surface area contributed by atoms with Gasteiger partial charge in [0.15, 0.2) is 0 Å². The number of ether oxygens (including phenoxy) is 2. The van der Waals surface area contributed by atoms with Crippen molar-refractivity contribution in [1.82, 2.24) is 5.32 Å². The number of aliphatic hydroxyl groups is 1. The Labute approximate surface area is 193 Å². The number of β-lactam (4-membered cyclic amide) rings is 1. The molecule has 8 heteroatoms. The number of hydrogen-bond acceptors (Lipinski definition) is 6. The van der Waals surface area contributed by atoms with Crippen LogP contribution in [-0.4, -0.2) is 47.7 Å². The second kappa shape index (κ2) is 9.62. The second-order valence-electron chi connectivity index (χ2n) is 9.00. The van der Waals surface area contributed by atoms with E-state index in [2.05, 4.69) is 5.32 Å². The summed E-state index contributed by atoms with van der Waals surface area (Å²) in [5, 5.41) is 13.5. The van der Waals surface area contributed by atoms with Crippen LogP contribution in [-0.2, 0) is 19.1 Å². The van der Waals surface area contributed by atoms with E-state index < -0.39 is 41.4 Å². The summed E-state index contributed by atoms with van der Waals surface area (Å²) in [6.07, 6.45) is -1.71. The van der Waals surface area contributed by atoms with Gasteiger partial charge >= 0.3 is 5.97 Å². The van der Waals surface area contributed by atoms with E-state index in [0.29, 0.717) is 11.4 Å². The first kappa shape index (κ1) is 24.3. The van der Waals surface area contributed by atoms with Crippen molar-refractivity contribution in [3.63, 3.8) is 0 Å². The fourth-order valence-corrected chi connectivity index (χ4v) is 3.75. The van der Waals surface area contributed by atoms with Crippen LogP contribution in [0.15, 0.2) is 54.6 Å². The van der Waals surface area contributed by atoms with E-state index in [1.54, 1.807) is 52.0 Å². The van der Waals surface area contributed by atoms with E-state index in [4.69, 9.17) is 9.47 Å². The summed E-state index contributed by atoms with van der Waals surface area (Å²) >= 11 is 0. The molecule has 1 fully saturated rings. The number of carbonyl (C=O) groups excluding carboxylic acids is 3. The molecule has 0 bridgehead atoms. The molecule has 1 saturated heterocycles. The molecule has 8 nitrogen and oxygen atoms in total. The van der Waals surface area contributed by atoms with Crippen molar-refractivity contribution in [3.8, 4) is 5.75 Å². The number of hydrogen-bond donors (Lipinski definition) is 2. The van der Waals surface area contributed by atoms with E-state index in [1.165, 1.54) is 12.0 Å². The topological polar surface area (TPSA) is 105 Å². The standard InChI is InChI=1S/C25H30N2O6/c1-15(16-9-7-6-8-10-16)26-22(29)21(28)19-20(24(31)33-25(2,3)4)27(23(19)30)17-11-13-18(32-5)14-12-17/h6-15,19-21,28H,1-5H3,(H,26,29)/t15-,19+,20+,21+/m0/s1. The Morgan fingerprint density at radius 2 is 1.67 bits per heavy atom. The second-order valence-corrected chi connectivity index (χ2v) is 9.00. The molecule has 1 aliphatic rings. The molecule has 0 spiro atoms. The van der Waals surface area contributed by atoms with Crippen molar-refractivity contribution >= 4 is 23.5 Å². The Bertz CT molecular complexity index is 1000. The molecule has 0 radical (unpaired) electrons. The molecule has 0 aliphatic carbocycles. The minimum Gasteiger partial charge on any atom is -0.497 e. The molecule has 2 aromatic rings. The van der Waals surface area contributed by atoms with E-state index in [-0.39, 0.29) is 6.04 Å². The largest absolute Gasteiger partial charge is 0.497 e. The minimum absolute atomic E-state index is 0.388. The summed E-state index contributed by atoms with van der Waals surface area (Å²) in [6, 6.07) is 14.3. The lowest BCUT2D eigenvalue weighted by Crippen LogP contribution is -2.70. The number of aliphatic hydroxyl groups excluding tert-OH is 1. The SMILES string of the molecule is COc1ccc(N2C(=O)[C@@H]([C@@H](O)C(=O)N[C@@H](C)c3ccccc3)[C@@H]2C(=O)OC(C)(C)C)cc1. The van der Waals surface area contributed by atoms with Crippen molar-refractivity contribution in [2.24, 2.45) is 5.92 Å². The third-order valence-corrected chi connectivity index (χ3v) is 5.41. The summed E-state index contributed by atoms with van der Waals surface area (Å²) in [7, 11) is 1.52. The third-order valence-electron chi connectivity index (χ3n) is 5.41. The van der Waals surface area contributed by atoms with E-state index >= 15 is 0 Å². The summed E-state index contributed by atoms with van der Waals surface area (Å²) in [4.78, 5) is 40.1. The van der Waals surface area contributed by atoms with Crippen LogP contribution < -0.4 is 15.0 Å². The first-order valence-electron chi connectivity index (χ1n) is 10.8. The lowest BCUT2D eigenvalue weighted by molar-refractivity contribution is -0.168. The maximum Gasteiger partial charge on any atom is 0.330 e. The highest BCUT2D eigenvalue weighted by Crippen LogP contribution is 2.37. The number of benzene rings is 2. The zero-order valence-electron chi connectivity index (χ0n) is 19.4. The normalized spacial score (nSPS) is 19.8. The number of rotatable bonds is 7. The summed E-state index contributed by atoms with van der Waals surface area (Å²) < 4.78 is 10.6. The van der Waals surface area contributed by atoms with Gasteiger partial charge in [-0.05, 0) is 57.5 Å². The van der Waals surface area contributed by atoms with Gasteiger partial charge in [-0.25, -0.2) is 4.79 Å². The first-order valence-corrected chi connectivity index (χ1v) is 10.8. The van der Waals surface area contributed by atoms with Gasteiger partial charge < -0.3 is 19.9 Å². The number of nitrogens with one attached hydrogen (secondary N) is 1. The summed E-state index contributed by atoms with van der Waals surface area (Å²) in [5.74, 6) is -2.62. The lowest BCUT2D eigenvalue weighted by atomic mass is 9.81. The Hall–Kier alpha value is -3.39. The average molecular weight is 455 g/mol. The Morgan fingerprint density at radius 1 is 1.06 bits per heavy atom. The van der Waals surface area contributed by atoms with Crippen LogP contribution in [0.5, 0.6) is 5.75 Å². The zero-order valence-corrected chi connectivity index (χ0v) is 19.4. The van der Waals surface area contributed by atoms with Gasteiger partial charge in [-0.15, -0.1) is 0 Å². The average Bonchev–Trinajstić information content (AvgIpc) is 2.77. The van der Waals surface area contributed by atoms with Crippen molar-refractivity contribution in [3.05, 3.63) is 60.2 Å². The van der Waals surface area contributed by atoms with Gasteiger partial charge in [0.25, 0.3) is 0 Å². The van der Waals surface area contributed by atoms with Crippen LogP contribution in [0.3, 0.4) is 0 Å². The smallest absolute Gasteiger partial charge is 0.330 e. The third kappa shape index (κ3) is 5.34. The molecule has 0 unspecified atom stereocenters. The predicted octanol–water partition coefficient (Wildman–Crippen LogP) is 2.61. The molecule has 1 aliphatic heterocycles. The summed E-state index contributed by atoms with van der Waals surface area (Å²) in [5.41, 5.74) is 0.487. The highest BCUT2D eigenvalue weighted by molar-refractivity contribution is 6.13. The first-order chi connectivity index (χ1) is 15.5. The van der Waals surface area contributed by atoms with Gasteiger partial charge in [0.2, 0.25) is 11.8 Å². The number of esters is 1. The summed E-state index contributed by atoms with van der Waals surface area (Å²) in [6.45, 7) is 6.91. The molecule has 2 aromatic carbocycles. The number of amides is 2. The number of anilines is 1. The van der Waals surface area contributed by atoms with Crippen molar-refractivity contribution in [2.75, 3.05) is 12.0 Å². The van der Waals surface area contributed by atoms with Crippen LogP contribution in [0, 0.1) is 5.92 Å². The maximum atomic E-state index is 13.0. The van der Waals surface area contributed by atoms with Gasteiger partial charge in [0.05, 0.1) is 13.2 Å². The minimum atomic E-state index is -1.71. The monoisotopic (exact) mass is 454 g/mol. The maximum absolute atomic E-state index is 13.0. The van der Waals surface area contributed by atoms with Crippen LogP contribution in [0.1, 0.15) is 39.3 Å². The Kier molecular flexibility index (Phi) is 7.07. The van der Waals surface area contributed by atoms with E-state index in [9.17, 15) is 19.5 Å². The van der Waals surface area contributed by atoms with Crippen LogP contribution in [0.4, 0.5) is 5.69 Å². The van der Waals surface area contributed by atoms with Crippen LogP contribution in [0.25, 0.3) is 0 Å². The van der Waals surface area contributed by atoms with Gasteiger partial charge in [0.1, 0.15) is 29.4 Å². The van der Waals surface area contributed by atoms with Crippen LogP contribution in [0.2, 0.25) is 0 Å². The fraction of sp³-hybridized carbons (Fsp3) is 0.400. The zero-order chi connectivity index (χ0) is 24.3. The van der Waals surface area contributed by atoms with Gasteiger partial charge in [-0.2, -0.15) is 0 Å². The molecular weight excluding hydrogens is 424 g/mol. The number of methoxy groups -OCH3 is 1. The lowest BCUT2D eigenvalue weighted by Gasteiger charge is -2.47. The van der Waals surface area contributed by atoms with E-state index in [0.717, 1.165) is 5.56 Å². The number of carbonyl (C=O) groups is 3.